The molecule has 0 fully saturated rings. The first-order valence-electron chi connectivity index (χ1n) is 7.79. The highest BCUT2D eigenvalue weighted by atomic mass is 16.6. The van der Waals surface area contributed by atoms with Gasteiger partial charge in [-0.25, -0.2) is 4.79 Å². The van der Waals surface area contributed by atoms with Gasteiger partial charge in [0.2, 0.25) is 0 Å². The Morgan fingerprint density at radius 3 is 2.08 bits per heavy atom. The van der Waals surface area contributed by atoms with Crippen LogP contribution < -0.4 is 0 Å². The molecule has 0 heterocycles. The lowest BCUT2D eigenvalue weighted by molar-refractivity contribution is -0.384. The molecule has 25 heavy (non-hydrogen) atoms. The summed E-state index contributed by atoms with van der Waals surface area (Å²) in [5, 5.41) is 10.9. The van der Waals surface area contributed by atoms with Gasteiger partial charge < -0.3 is 4.74 Å². The first-order valence-corrected chi connectivity index (χ1v) is 7.79. The van der Waals surface area contributed by atoms with Crippen LogP contribution in [0.5, 0.6) is 0 Å². The molecule has 5 nitrogen and oxygen atoms in total. The van der Waals surface area contributed by atoms with Crippen molar-refractivity contribution in [2.75, 3.05) is 0 Å². The van der Waals surface area contributed by atoms with Gasteiger partial charge in [0.25, 0.3) is 5.69 Å². The summed E-state index contributed by atoms with van der Waals surface area (Å²) in [6.45, 7) is 0. The molecule has 0 spiro atoms. The lowest BCUT2D eigenvalue weighted by Gasteiger charge is -2.15. The average Bonchev–Trinajstić information content (AvgIpc) is 2.96. The van der Waals surface area contributed by atoms with Crippen molar-refractivity contribution < 1.29 is 14.5 Å². The lowest BCUT2D eigenvalue weighted by atomic mass is 10.1. The van der Waals surface area contributed by atoms with Gasteiger partial charge in [0, 0.05) is 23.3 Å². The van der Waals surface area contributed by atoms with Crippen molar-refractivity contribution in [3.05, 3.63) is 99.6 Å². The Morgan fingerprint density at radius 1 is 0.880 bits per heavy atom. The molecule has 3 aromatic carbocycles. The number of ether oxygens (including phenoxy) is 1. The number of carbonyl (C=O) groups excluding carboxylic acids is 1. The summed E-state index contributed by atoms with van der Waals surface area (Å²) in [4.78, 5) is 22.9. The topological polar surface area (TPSA) is 69.4 Å². The van der Waals surface area contributed by atoms with Crippen LogP contribution in [0.25, 0.3) is 11.1 Å². The third-order valence-electron chi connectivity index (χ3n) is 4.29. The van der Waals surface area contributed by atoms with Crippen LogP contribution >= 0.6 is 0 Å². The maximum Gasteiger partial charge on any atom is 0.339 e. The molecule has 0 amide bonds. The first-order chi connectivity index (χ1) is 12.1. The maximum absolute atomic E-state index is 12.6. The van der Waals surface area contributed by atoms with Crippen molar-refractivity contribution in [3.63, 3.8) is 0 Å². The highest BCUT2D eigenvalue weighted by Crippen LogP contribution is 2.45. The Hall–Kier alpha value is -3.47. The van der Waals surface area contributed by atoms with Crippen molar-refractivity contribution in [2.24, 2.45) is 0 Å². The minimum Gasteiger partial charge on any atom is -0.449 e. The van der Waals surface area contributed by atoms with Gasteiger partial charge in [-0.1, -0.05) is 54.6 Å². The number of carbonyl (C=O) groups is 1. The maximum atomic E-state index is 12.6. The smallest absolute Gasteiger partial charge is 0.339 e. The van der Waals surface area contributed by atoms with Gasteiger partial charge in [0.05, 0.1) is 10.5 Å². The summed E-state index contributed by atoms with van der Waals surface area (Å²) < 4.78 is 5.72. The summed E-state index contributed by atoms with van der Waals surface area (Å²) in [5.41, 5.74) is 3.94. The quantitative estimate of drug-likeness (QED) is 0.402. The molecule has 1 aliphatic carbocycles. The van der Waals surface area contributed by atoms with Gasteiger partial charge >= 0.3 is 5.97 Å². The van der Waals surface area contributed by atoms with Gasteiger partial charge in [0.15, 0.2) is 6.10 Å². The molecule has 0 radical (unpaired) electrons. The Balaban J connectivity index is 1.70. The molecule has 0 unspecified atom stereocenters. The number of fused-ring (bicyclic) bond motifs is 3. The van der Waals surface area contributed by atoms with Crippen LogP contribution in [0.4, 0.5) is 5.69 Å². The zero-order valence-corrected chi connectivity index (χ0v) is 13.1. The van der Waals surface area contributed by atoms with Gasteiger partial charge in [-0.2, -0.15) is 0 Å². The van der Waals surface area contributed by atoms with Gasteiger partial charge in [-0.15, -0.1) is 0 Å². The molecule has 0 aliphatic heterocycles. The number of rotatable bonds is 3. The fourth-order valence-corrected chi connectivity index (χ4v) is 3.16. The van der Waals surface area contributed by atoms with E-state index in [0.717, 1.165) is 22.3 Å². The van der Waals surface area contributed by atoms with Crippen LogP contribution in [-0.4, -0.2) is 10.9 Å². The Kier molecular flexibility index (Phi) is 3.54. The Morgan fingerprint density at radius 2 is 1.48 bits per heavy atom. The predicted molar refractivity (Wildman–Crippen MR) is 92.2 cm³/mol. The van der Waals surface area contributed by atoms with Crippen LogP contribution in [0.2, 0.25) is 0 Å². The third kappa shape index (κ3) is 2.55. The lowest BCUT2D eigenvalue weighted by Crippen LogP contribution is -2.11. The predicted octanol–water partition coefficient (Wildman–Crippen LogP) is 4.52. The van der Waals surface area contributed by atoms with E-state index in [2.05, 4.69) is 0 Å². The first kappa shape index (κ1) is 15.1. The van der Waals surface area contributed by atoms with Gasteiger partial charge in [-0.05, 0) is 17.2 Å². The van der Waals surface area contributed by atoms with Crippen LogP contribution in [-0.2, 0) is 4.74 Å². The van der Waals surface area contributed by atoms with Crippen LogP contribution in [0, 0.1) is 10.1 Å². The minimum absolute atomic E-state index is 0.137. The summed E-state index contributed by atoms with van der Waals surface area (Å²) in [6.07, 6.45) is -0.515. The molecule has 0 atom stereocenters. The molecule has 0 aromatic heterocycles. The number of hydrogen-bond donors (Lipinski definition) is 0. The number of esters is 1. The molecular weight excluding hydrogens is 318 g/mol. The van der Waals surface area contributed by atoms with Crippen molar-refractivity contribution in [2.45, 2.75) is 6.10 Å². The van der Waals surface area contributed by atoms with E-state index in [-0.39, 0.29) is 11.3 Å². The van der Waals surface area contributed by atoms with Crippen molar-refractivity contribution in [1.82, 2.24) is 0 Å². The second kappa shape index (κ2) is 5.87. The fraction of sp³-hybridized carbons (Fsp3) is 0.0500. The van der Waals surface area contributed by atoms with Crippen molar-refractivity contribution in [3.8, 4) is 11.1 Å². The fourth-order valence-electron chi connectivity index (χ4n) is 3.16. The molecule has 0 bridgehead atoms. The van der Waals surface area contributed by atoms with Crippen molar-refractivity contribution >= 4 is 11.7 Å². The number of nitrogens with zero attached hydrogens (tertiary/aromatic N) is 1. The number of nitro groups is 1. The summed E-state index contributed by atoms with van der Waals surface area (Å²) >= 11 is 0. The molecular formula is C20H13NO4. The zero-order chi connectivity index (χ0) is 17.4. The van der Waals surface area contributed by atoms with Crippen LogP contribution in [0.1, 0.15) is 27.6 Å². The van der Waals surface area contributed by atoms with E-state index in [9.17, 15) is 14.9 Å². The van der Waals surface area contributed by atoms with Gasteiger partial charge in [-0.3, -0.25) is 10.1 Å². The molecule has 1 aliphatic rings. The summed E-state index contributed by atoms with van der Waals surface area (Å²) in [5.74, 6) is -0.583. The highest BCUT2D eigenvalue weighted by molar-refractivity contribution is 5.91. The molecule has 122 valence electrons. The number of benzene rings is 3. The highest BCUT2D eigenvalue weighted by Gasteiger charge is 2.31. The van der Waals surface area contributed by atoms with Crippen molar-refractivity contribution in [1.29, 1.82) is 0 Å². The largest absolute Gasteiger partial charge is 0.449 e. The van der Waals surface area contributed by atoms with Gasteiger partial charge in [0.1, 0.15) is 0 Å². The monoisotopic (exact) mass is 331 g/mol. The molecule has 0 saturated heterocycles. The van der Waals surface area contributed by atoms with Crippen LogP contribution in [0.15, 0.2) is 72.8 Å². The van der Waals surface area contributed by atoms with E-state index in [0.29, 0.717) is 0 Å². The van der Waals surface area contributed by atoms with E-state index >= 15 is 0 Å². The number of non-ortho nitro benzene ring substituents is 1. The summed E-state index contributed by atoms with van der Waals surface area (Å²) in [7, 11) is 0. The van der Waals surface area contributed by atoms with E-state index in [1.54, 1.807) is 0 Å². The second-order valence-electron chi connectivity index (χ2n) is 5.77. The standard InChI is InChI=1S/C20H13NO4/c22-20(13-6-5-7-14(12-13)21(23)24)25-19-17-10-3-1-8-15(17)16-9-2-4-11-18(16)19/h1-12,19H. The second-order valence-corrected chi connectivity index (χ2v) is 5.77. The molecule has 0 saturated carbocycles. The number of nitro benzene ring substituents is 1. The minimum atomic E-state index is -0.583. The van der Waals surface area contributed by atoms with E-state index < -0.39 is 17.0 Å². The third-order valence-corrected chi connectivity index (χ3v) is 4.29. The van der Waals surface area contributed by atoms with E-state index in [1.165, 1.54) is 24.3 Å². The SMILES string of the molecule is O=C(OC1c2ccccc2-c2ccccc21)c1cccc([N+](=O)[O-])c1. The summed E-state index contributed by atoms with van der Waals surface area (Å²) in [6, 6.07) is 21.1. The average molecular weight is 331 g/mol. The van der Waals surface area contributed by atoms with Crippen LogP contribution in [0.3, 0.4) is 0 Å². The Labute approximate surface area is 143 Å². The molecule has 4 rings (SSSR count). The molecule has 3 aromatic rings. The Bertz CT molecular complexity index is 951. The van der Waals surface area contributed by atoms with E-state index in [4.69, 9.17) is 4.74 Å². The molecule has 0 N–H and O–H groups in total. The molecule has 5 heteroatoms. The van der Waals surface area contributed by atoms with E-state index in [1.807, 2.05) is 48.5 Å². The normalized spacial score (nSPS) is 12.3. The zero-order valence-electron chi connectivity index (χ0n) is 13.1. The number of hydrogen-bond acceptors (Lipinski definition) is 4.